The van der Waals surface area contributed by atoms with Crippen LogP contribution in [0, 0.1) is 6.92 Å². The maximum Gasteiger partial charge on any atom is 0.131 e. The second kappa shape index (κ2) is 8.12. The number of aromatic nitrogens is 2. The van der Waals surface area contributed by atoms with Crippen LogP contribution in [0.1, 0.15) is 22.9 Å². The Labute approximate surface area is 148 Å². The lowest BCUT2D eigenvalue weighted by Crippen LogP contribution is -2.42. The van der Waals surface area contributed by atoms with Crippen LogP contribution < -0.4 is 5.32 Å². The van der Waals surface area contributed by atoms with Crippen molar-refractivity contribution in [2.45, 2.75) is 19.5 Å². The zero-order valence-electron chi connectivity index (χ0n) is 14.3. The van der Waals surface area contributed by atoms with Gasteiger partial charge in [0.05, 0.1) is 18.9 Å². The highest BCUT2D eigenvalue weighted by atomic mass is 35.5. The third-order valence-electron chi connectivity index (χ3n) is 4.58. The Morgan fingerprint density at radius 1 is 1.25 bits per heavy atom. The molecule has 130 valence electrons. The van der Waals surface area contributed by atoms with Crippen molar-refractivity contribution in [1.29, 1.82) is 0 Å². The lowest BCUT2D eigenvalue weighted by Gasteiger charge is -2.35. The fourth-order valence-corrected chi connectivity index (χ4v) is 3.47. The average Bonchev–Trinajstić information content (AvgIpc) is 2.86. The monoisotopic (exact) mass is 348 g/mol. The summed E-state index contributed by atoms with van der Waals surface area (Å²) in [6.45, 7) is 7.13. The smallest absolute Gasteiger partial charge is 0.131 e. The third kappa shape index (κ3) is 3.98. The minimum absolute atomic E-state index is 0.339. The minimum atomic E-state index is 0.339. The van der Waals surface area contributed by atoms with Gasteiger partial charge in [-0.15, -0.1) is 0 Å². The molecule has 1 N–H and O–H groups in total. The molecule has 5 nitrogen and oxygen atoms in total. The molecule has 2 aromatic rings. The molecule has 1 fully saturated rings. The molecule has 24 heavy (non-hydrogen) atoms. The van der Waals surface area contributed by atoms with Gasteiger partial charge in [0.2, 0.25) is 0 Å². The van der Waals surface area contributed by atoms with Gasteiger partial charge in [-0.25, -0.2) is 0 Å². The van der Waals surface area contributed by atoms with E-state index in [1.807, 2.05) is 14.0 Å². The Balaban J connectivity index is 1.68. The van der Waals surface area contributed by atoms with Crippen LogP contribution in [0.3, 0.4) is 0 Å². The first kappa shape index (κ1) is 17.4. The molecular formula is C18H25ClN4O. The molecule has 1 aliphatic rings. The summed E-state index contributed by atoms with van der Waals surface area (Å²) in [5.41, 5.74) is 3.39. The van der Waals surface area contributed by atoms with Gasteiger partial charge in [-0.1, -0.05) is 41.9 Å². The van der Waals surface area contributed by atoms with E-state index in [4.69, 9.17) is 16.3 Å². The van der Waals surface area contributed by atoms with Crippen LogP contribution in [0.25, 0.3) is 0 Å². The van der Waals surface area contributed by atoms with Crippen molar-refractivity contribution in [3.05, 3.63) is 52.3 Å². The van der Waals surface area contributed by atoms with Gasteiger partial charge in [-0.05, 0) is 12.5 Å². The zero-order chi connectivity index (χ0) is 16.9. The van der Waals surface area contributed by atoms with E-state index in [-0.39, 0.29) is 0 Å². The summed E-state index contributed by atoms with van der Waals surface area (Å²) in [5.74, 6) is 0. The standard InChI is InChI=1S/C18H25ClN4O/c1-14-16(18(19)22(2)21-14)12-20-13-17(15-6-4-3-5-7-15)23-8-10-24-11-9-23/h3-7,17,20H,8-13H2,1-2H3/t17-/m1/s1. The first-order chi connectivity index (χ1) is 11.7. The van der Waals surface area contributed by atoms with Gasteiger partial charge in [-0.2, -0.15) is 5.10 Å². The molecule has 2 heterocycles. The molecule has 0 bridgehead atoms. The number of ether oxygens (including phenoxy) is 1. The molecule has 3 rings (SSSR count). The summed E-state index contributed by atoms with van der Waals surface area (Å²) in [6.07, 6.45) is 0. The number of morpholine rings is 1. The van der Waals surface area contributed by atoms with Crippen molar-refractivity contribution >= 4 is 11.6 Å². The first-order valence-electron chi connectivity index (χ1n) is 8.42. The maximum atomic E-state index is 6.33. The van der Waals surface area contributed by atoms with Gasteiger partial charge in [0, 0.05) is 44.8 Å². The van der Waals surface area contributed by atoms with Gasteiger partial charge in [0.25, 0.3) is 0 Å². The number of halogens is 1. The van der Waals surface area contributed by atoms with Crippen molar-refractivity contribution < 1.29 is 4.74 Å². The van der Waals surface area contributed by atoms with E-state index in [1.54, 1.807) is 4.68 Å². The maximum absolute atomic E-state index is 6.33. The van der Waals surface area contributed by atoms with Crippen molar-refractivity contribution in [3.63, 3.8) is 0 Å². The molecule has 0 unspecified atom stereocenters. The molecule has 1 aliphatic heterocycles. The van der Waals surface area contributed by atoms with Crippen LogP contribution in [0.5, 0.6) is 0 Å². The van der Waals surface area contributed by atoms with Crippen molar-refractivity contribution in [2.24, 2.45) is 7.05 Å². The molecule has 0 aliphatic carbocycles. The average molecular weight is 349 g/mol. The number of benzene rings is 1. The summed E-state index contributed by atoms with van der Waals surface area (Å²) in [6, 6.07) is 11.0. The largest absolute Gasteiger partial charge is 0.379 e. The quantitative estimate of drug-likeness (QED) is 0.871. The highest BCUT2D eigenvalue weighted by molar-refractivity contribution is 6.30. The Morgan fingerprint density at radius 3 is 2.58 bits per heavy atom. The Bertz CT molecular complexity index is 653. The molecule has 0 radical (unpaired) electrons. The summed E-state index contributed by atoms with van der Waals surface area (Å²) in [7, 11) is 1.87. The Hall–Kier alpha value is -1.40. The number of hydrogen-bond donors (Lipinski definition) is 1. The second-order valence-electron chi connectivity index (χ2n) is 6.18. The predicted molar refractivity (Wildman–Crippen MR) is 96.2 cm³/mol. The van der Waals surface area contributed by atoms with Crippen LogP contribution >= 0.6 is 11.6 Å². The SMILES string of the molecule is Cc1nn(C)c(Cl)c1CNC[C@H](c1ccccc1)N1CCOCC1. The van der Waals surface area contributed by atoms with E-state index in [2.05, 4.69) is 45.6 Å². The van der Waals surface area contributed by atoms with Crippen LogP contribution in [0.4, 0.5) is 0 Å². The number of nitrogens with zero attached hydrogens (tertiary/aromatic N) is 3. The van der Waals surface area contributed by atoms with Crippen molar-refractivity contribution in [3.8, 4) is 0 Å². The summed E-state index contributed by atoms with van der Waals surface area (Å²) in [5, 5.41) is 8.66. The molecule has 0 spiro atoms. The molecule has 1 saturated heterocycles. The van der Waals surface area contributed by atoms with E-state index in [0.29, 0.717) is 11.2 Å². The Morgan fingerprint density at radius 2 is 1.96 bits per heavy atom. The fraction of sp³-hybridized carbons (Fsp3) is 0.500. The molecule has 1 atom stereocenters. The van der Waals surface area contributed by atoms with Gasteiger partial charge >= 0.3 is 0 Å². The van der Waals surface area contributed by atoms with Gasteiger partial charge in [0.15, 0.2) is 0 Å². The van der Waals surface area contributed by atoms with E-state index in [9.17, 15) is 0 Å². The number of nitrogens with one attached hydrogen (secondary N) is 1. The van der Waals surface area contributed by atoms with Crippen LogP contribution in [-0.2, 0) is 18.3 Å². The summed E-state index contributed by atoms with van der Waals surface area (Å²) >= 11 is 6.33. The normalized spacial score (nSPS) is 17.1. The number of rotatable bonds is 6. The lowest BCUT2D eigenvalue weighted by atomic mass is 10.0. The molecule has 0 amide bonds. The highest BCUT2D eigenvalue weighted by Crippen LogP contribution is 2.22. The summed E-state index contributed by atoms with van der Waals surface area (Å²) < 4.78 is 7.23. The predicted octanol–water partition coefficient (Wildman–Crippen LogP) is 2.55. The van der Waals surface area contributed by atoms with Crippen molar-refractivity contribution in [1.82, 2.24) is 20.0 Å². The van der Waals surface area contributed by atoms with Crippen LogP contribution in [0.15, 0.2) is 30.3 Å². The number of aryl methyl sites for hydroxylation is 2. The minimum Gasteiger partial charge on any atom is -0.379 e. The van der Waals surface area contributed by atoms with Gasteiger partial charge < -0.3 is 10.1 Å². The fourth-order valence-electron chi connectivity index (χ4n) is 3.23. The van der Waals surface area contributed by atoms with E-state index >= 15 is 0 Å². The number of hydrogen-bond acceptors (Lipinski definition) is 4. The van der Waals surface area contributed by atoms with E-state index < -0.39 is 0 Å². The van der Waals surface area contributed by atoms with Gasteiger partial charge in [-0.3, -0.25) is 9.58 Å². The second-order valence-corrected chi connectivity index (χ2v) is 6.54. The zero-order valence-corrected chi connectivity index (χ0v) is 15.1. The molecule has 1 aromatic carbocycles. The molecule has 1 aromatic heterocycles. The first-order valence-corrected chi connectivity index (χ1v) is 8.80. The topological polar surface area (TPSA) is 42.3 Å². The lowest BCUT2D eigenvalue weighted by molar-refractivity contribution is 0.0161. The molecule has 6 heteroatoms. The Kier molecular flexibility index (Phi) is 5.89. The highest BCUT2D eigenvalue weighted by Gasteiger charge is 2.22. The van der Waals surface area contributed by atoms with Crippen LogP contribution in [-0.4, -0.2) is 47.5 Å². The van der Waals surface area contributed by atoms with E-state index in [0.717, 1.165) is 50.7 Å². The molecule has 0 saturated carbocycles. The summed E-state index contributed by atoms with van der Waals surface area (Å²) in [4.78, 5) is 2.49. The van der Waals surface area contributed by atoms with E-state index in [1.165, 1.54) is 5.56 Å². The van der Waals surface area contributed by atoms with Crippen molar-refractivity contribution in [2.75, 3.05) is 32.8 Å². The van der Waals surface area contributed by atoms with Crippen LogP contribution in [0.2, 0.25) is 5.15 Å². The third-order valence-corrected chi connectivity index (χ3v) is 5.05. The molecular weight excluding hydrogens is 324 g/mol. The van der Waals surface area contributed by atoms with Gasteiger partial charge in [0.1, 0.15) is 5.15 Å².